The van der Waals surface area contributed by atoms with Crippen molar-refractivity contribution in [2.45, 2.75) is 12.6 Å². The number of rotatable bonds is 1. The van der Waals surface area contributed by atoms with Crippen LogP contribution in [0.3, 0.4) is 0 Å². The molecule has 0 saturated carbocycles. The predicted octanol–water partition coefficient (Wildman–Crippen LogP) is 4.12. The Kier molecular flexibility index (Phi) is 2.71. The number of halogens is 3. The second-order valence-corrected chi connectivity index (χ2v) is 3.52. The lowest BCUT2D eigenvalue weighted by atomic mass is 9.95. The van der Waals surface area contributed by atoms with Crippen molar-refractivity contribution < 1.29 is 13.2 Å². The Labute approximate surface area is 91.4 Å². The third-order valence-corrected chi connectivity index (χ3v) is 2.40. The fourth-order valence-electron chi connectivity index (χ4n) is 1.58. The van der Waals surface area contributed by atoms with E-state index in [9.17, 15) is 13.2 Å². The Balaban J connectivity index is 2.27. The van der Waals surface area contributed by atoms with E-state index in [0.717, 1.165) is 5.56 Å². The van der Waals surface area contributed by atoms with Crippen LogP contribution in [-0.2, 0) is 0 Å². The quantitative estimate of drug-likeness (QED) is 0.627. The molecule has 0 bridgehead atoms. The van der Waals surface area contributed by atoms with E-state index < -0.39 is 11.7 Å². The normalized spacial score (nSPS) is 15.7. The van der Waals surface area contributed by atoms with Crippen molar-refractivity contribution >= 4 is 5.57 Å². The molecular weight excluding hydrogens is 213 g/mol. The number of alkyl halides is 3. The molecule has 82 valence electrons. The van der Waals surface area contributed by atoms with Gasteiger partial charge in [-0.3, -0.25) is 0 Å². The van der Waals surface area contributed by atoms with Crippen LogP contribution < -0.4 is 0 Å². The highest BCUT2D eigenvalue weighted by Gasteiger charge is 2.34. The summed E-state index contributed by atoms with van der Waals surface area (Å²) in [6, 6.07) is 9.07. The predicted molar refractivity (Wildman–Crippen MR) is 56.7 cm³/mol. The fourth-order valence-corrected chi connectivity index (χ4v) is 1.58. The summed E-state index contributed by atoms with van der Waals surface area (Å²) in [6.45, 7) is 0. The minimum Gasteiger partial charge on any atom is -0.166 e. The van der Waals surface area contributed by atoms with Gasteiger partial charge in [0.05, 0.1) is 5.57 Å². The first-order valence-corrected chi connectivity index (χ1v) is 4.85. The van der Waals surface area contributed by atoms with Gasteiger partial charge in [0.2, 0.25) is 0 Å². The first kappa shape index (κ1) is 10.8. The van der Waals surface area contributed by atoms with Gasteiger partial charge in [0.15, 0.2) is 0 Å². The monoisotopic (exact) mass is 222 g/mol. The Bertz CT molecular complexity index is 472. The highest BCUT2D eigenvalue weighted by atomic mass is 19.4. The summed E-state index contributed by atoms with van der Waals surface area (Å²) in [7, 11) is 0. The average molecular weight is 222 g/mol. The van der Waals surface area contributed by atoms with Gasteiger partial charge >= 0.3 is 6.18 Å². The van der Waals surface area contributed by atoms with E-state index in [2.05, 4.69) is 5.73 Å². The van der Waals surface area contributed by atoms with Gasteiger partial charge in [-0.1, -0.05) is 36.4 Å². The molecule has 3 heteroatoms. The van der Waals surface area contributed by atoms with E-state index in [1.54, 1.807) is 18.2 Å². The van der Waals surface area contributed by atoms with Crippen LogP contribution >= 0.6 is 0 Å². The Morgan fingerprint density at radius 3 is 2.38 bits per heavy atom. The van der Waals surface area contributed by atoms with Crippen molar-refractivity contribution in [1.29, 1.82) is 0 Å². The van der Waals surface area contributed by atoms with E-state index in [4.69, 9.17) is 0 Å². The third kappa shape index (κ3) is 2.26. The standard InChI is InChI=1S/C13H9F3/c14-13(15,16)12-8-4-7-11(9-12)10-5-2-1-3-6-10/h1-7H,9H2. The van der Waals surface area contributed by atoms with Gasteiger partial charge in [0, 0.05) is 6.42 Å². The second kappa shape index (κ2) is 4.03. The highest BCUT2D eigenvalue weighted by Crippen LogP contribution is 2.34. The summed E-state index contributed by atoms with van der Waals surface area (Å²) in [5, 5.41) is 0. The molecule has 0 spiro atoms. The minimum absolute atomic E-state index is 0.107. The Morgan fingerprint density at radius 2 is 1.75 bits per heavy atom. The lowest BCUT2D eigenvalue weighted by Gasteiger charge is -2.14. The highest BCUT2D eigenvalue weighted by molar-refractivity contribution is 5.70. The summed E-state index contributed by atoms with van der Waals surface area (Å²) in [4.78, 5) is 0. The van der Waals surface area contributed by atoms with Crippen LogP contribution in [0.5, 0.6) is 0 Å². The zero-order valence-corrected chi connectivity index (χ0v) is 8.38. The van der Waals surface area contributed by atoms with Gasteiger partial charge in [-0.15, -0.1) is 5.73 Å². The van der Waals surface area contributed by atoms with Gasteiger partial charge in [-0.2, -0.15) is 13.2 Å². The van der Waals surface area contributed by atoms with E-state index in [-0.39, 0.29) is 6.42 Å². The molecule has 0 atom stereocenters. The van der Waals surface area contributed by atoms with Crippen LogP contribution in [0.15, 0.2) is 53.8 Å². The topological polar surface area (TPSA) is 0 Å². The molecule has 0 aliphatic heterocycles. The summed E-state index contributed by atoms with van der Waals surface area (Å²) >= 11 is 0. The Morgan fingerprint density at radius 1 is 1.06 bits per heavy atom. The van der Waals surface area contributed by atoms with E-state index in [0.29, 0.717) is 5.57 Å². The van der Waals surface area contributed by atoms with Crippen molar-refractivity contribution in [2.24, 2.45) is 0 Å². The van der Waals surface area contributed by atoms with Gasteiger partial charge in [-0.05, 0) is 17.2 Å². The lowest BCUT2D eigenvalue weighted by molar-refractivity contribution is -0.0925. The maximum absolute atomic E-state index is 12.5. The van der Waals surface area contributed by atoms with Gasteiger partial charge < -0.3 is 0 Å². The number of hydrogen-bond acceptors (Lipinski definition) is 0. The molecule has 0 amide bonds. The SMILES string of the molecule is FC(F)(F)C1=C=CC=C(c2ccccc2)C1. The van der Waals surface area contributed by atoms with Crippen LogP contribution in [-0.4, -0.2) is 6.18 Å². The molecule has 1 aromatic carbocycles. The largest absolute Gasteiger partial charge is 0.420 e. The van der Waals surface area contributed by atoms with E-state index in [1.807, 2.05) is 18.2 Å². The van der Waals surface area contributed by atoms with Gasteiger partial charge in [-0.25, -0.2) is 0 Å². The molecule has 0 nitrogen and oxygen atoms in total. The first-order valence-electron chi connectivity index (χ1n) is 4.85. The zero-order valence-electron chi connectivity index (χ0n) is 8.38. The number of hydrogen-bond donors (Lipinski definition) is 0. The molecule has 1 aliphatic rings. The van der Waals surface area contributed by atoms with Crippen LogP contribution in [0.4, 0.5) is 13.2 Å². The van der Waals surface area contributed by atoms with Crippen molar-refractivity contribution in [2.75, 3.05) is 0 Å². The Hall–Kier alpha value is -1.73. The summed E-state index contributed by atoms with van der Waals surface area (Å²) in [6.07, 6.45) is -1.39. The maximum atomic E-state index is 12.5. The summed E-state index contributed by atoms with van der Waals surface area (Å²) in [5.41, 5.74) is 3.13. The van der Waals surface area contributed by atoms with Crippen LogP contribution in [0.25, 0.3) is 5.57 Å². The molecular formula is C13H9F3. The maximum Gasteiger partial charge on any atom is 0.420 e. The van der Waals surface area contributed by atoms with Crippen LogP contribution in [0.2, 0.25) is 0 Å². The van der Waals surface area contributed by atoms with Gasteiger partial charge in [0.1, 0.15) is 0 Å². The number of benzene rings is 1. The van der Waals surface area contributed by atoms with Gasteiger partial charge in [0.25, 0.3) is 0 Å². The molecule has 16 heavy (non-hydrogen) atoms. The summed E-state index contributed by atoms with van der Waals surface area (Å²) in [5.74, 6) is 0. The second-order valence-electron chi connectivity index (χ2n) is 3.52. The molecule has 0 aromatic heterocycles. The van der Waals surface area contributed by atoms with Crippen molar-refractivity contribution in [1.82, 2.24) is 0 Å². The molecule has 0 radical (unpaired) electrons. The molecule has 0 heterocycles. The summed E-state index contributed by atoms with van der Waals surface area (Å²) < 4.78 is 37.5. The molecule has 1 aromatic rings. The smallest absolute Gasteiger partial charge is 0.166 e. The van der Waals surface area contributed by atoms with Crippen molar-refractivity contribution in [3.63, 3.8) is 0 Å². The molecule has 0 saturated heterocycles. The minimum atomic E-state index is -4.29. The molecule has 0 unspecified atom stereocenters. The van der Waals surface area contributed by atoms with Crippen LogP contribution in [0, 0.1) is 0 Å². The lowest BCUT2D eigenvalue weighted by Crippen LogP contribution is -2.12. The van der Waals surface area contributed by atoms with E-state index >= 15 is 0 Å². The fraction of sp³-hybridized carbons (Fsp3) is 0.154. The molecule has 2 rings (SSSR count). The van der Waals surface area contributed by atoms with E-state index in [1.165, 1.54) is 6.08 Å². The first-order chi connectivity index (χ1) is 7.57. The average Bonchev–Trinajstić information content (AvgIpc) is 2.29. The molecule has 0 fully saturated rings. The van der Waals surface area contributed by atoms with Crippen molar-refractivity contribution in [3.05, 3.63) is 59.4 Å². The zero-order chi connectivity index (χ0) is 11.6. The third-order valence-electron chi connectivity index (χ3n) is 2.40. The van der Waals surface area contributed by atoms with Crippen LogP contribution in [0.1, 0.15) is 12.0 Å². The molecule has 1 aliphatic carbocycles. The number of allylic oxidation sites excluding steroid dienone is 3. The van der Waals surface area contributed by atoms with Crippen molar-refractivity contribution in [3.8, 4) is 0 Å². The molecule has 0 N–H and O–H groups in total.